The Bertz CT molecular complexity index is 658. The van der Waals surface area contributed by atoms with Gasteiger partial charge in [0.1, 0.15) is 0 Å². The van der Waals surface area contributed by atoms with Gasteiger partial charge in [0.15, 0.2) is 0 Å². The van der Waals surface area contributed by atoms with E-state index in [4.69, 9.17) is 5.11 Å². The topological polar surface area (TPSA) is 77.9 Å². The number of benzene rings is 1. The Morgan fingerprint density at radius 1 is 1.13 bits per heavy atom. The molecule has 0 aromatic heterocycles. The lowest BCUT2D eigenvalue weighted by molar-refractivity contribution is -0.140. The maximum absolute atomic E-state index is 12.2. The Kier molecular flexibility index (Phi) is 4.07. The zero-order valence-electron chi connectivity index (χ0n) is 13.1. The fraction of sp³-hybridized carbons (Fsp3) is 0.471. The largest absolute Gasteiger partial charge is 0.481 e. The van der Waals surface area contributed by atoms with Gasteiger partial charge in [-0.1, -0.05) is 18.2 Å². The highest BCUT2D eigenvalue weighted by Gasteiger charge is 2.42. The van der Waals surface area contributed by atoms with E-state index in [0.29, 0.717) is 19.6 Å². The second-order valence-electron chi connectivity index (χ2n) is 6.25. The summed E-state index contributed by atoms with van der Waals surface area (Å²) >= 11 is 0. The van der Waals surface area contributed by atoms with Gasteiger partial charge in [-0.05, 0) is 11.6 Å². The summed E-state index contributed by atoms with van der Waals surface area (Å²) in [5, 5.41) is 8.72. The molecule has 23 heavy (non-hydrogen) atoms. The van der Waals surface area contributed by atoms with Crippen molar-refractivity contribution in [1.82, 2.24) is 4.90 Å². The lowest BCUT2D eigenvalue weighted by Crippen LogP contribution is -2.40. The minimum atomic E-state index is -0.955. The van der Waals surface area contributed by atoms with Crippen molar-refractivity contribution < 1.29 is 19.5 Å². The lowest BCUT2D eigenvalue weighted by atomic mass is 9.84. The molecule has 6 nitrogen and oxygen atoms in total. The molecule has 0 radical (unpaired) electrons. The second kappa shape index (κ2) is 6.02. The number of carboxylic acid groups (broad SMARTS) is 1. The van der Waals surface area contributed by atoms with Gasteiger partial charge in [0.2, 0.25) is 11.8 Å². The van der Waals surface area contributed by atoms with Crippen LogP contribution in [0, 0.1) is 5.92 Å². The number of anilines is 1. The van der Waals surface area contributed by atoms with Crippen LogP contribution in [0.25, 0.3) is 0 Å². The number of carbonyl (C=O) groups is 3. The third kappa shape index (κ3) is 2.93. The normalized spacial score (nSPS) is 22.5. The van der Waals surface area contributed by atoms with Crippen LogP contribution in [0.4, 0.5) is 5.69 Å². The van der Waals surface area contributed by atoms with Gasteiger partial charge in [-0.3, -0.25) is 14.4 Å². The van der Waals surface area contributed by atoms with Gasteiger partial charge in [-0.2, -0.15) is 0 Å². The SMILES string of the molecule is CC(=O)N1C[C@@H]2CN(C(=O)CCC(=O)O)C[C@H]2c2ccccc21. The molecule has 1 aromatic carbocycles. The number of likely N-dealkylation sites (tertiary alicyclic amines) is 1. The van der Waals surface area contributed by atoms with E-state index in [2.05, 4.69) is 0 Å². The van der Waals surface area contributed by atoms with Crippen molar-refractivity contribution in [2.24, 2.45) is 5.92 Å². The molecule has 1 fully saturated rings. The highest BCUT2D eigenvalue weighted by molar-refractivity contribution is 5.93. The number of carbonyl (C=O) groups excluding carboxylic acids is 2. The van der Waals surface area contributed by atoms with Crippen LogP contribution in [0.5, 0.6) is 0 Å². The molecule has 0 aliphatic carbocycles. The van der Waals surface area contributed by atoms with Crippen molar-refractivity contribution in [2.45, 2.75) is 25.7 Å². The van der Waals surface area contributed by atoms with Crippen molar-refractivity contribution in [1.29, 1.82) is 0 Å². The Morgan fingerprint density at radius 2 is 1.87 bits per heavy atom. The van der Waals surface area contributed by atoms with Gasteiger partial charge < -0.3 is 14.9 Å². The fourth-order valence-corrected chi connectivity index (χ4v) is 3.66. The van der Waals surface area contributed by atoms with Crippen LogP contribution in [0.3, 0.4) is 0 Å². The average molecular weight is 316 g/mol. The molecule has 2 amide bonds. The summed E-state index contributed by atoms with van der Waals surface area (Å²) < 4.78 is 0. The standard InChI is InChI=1S/C17H20N2O4/c1-11(20)19-9-12-8-18(16(21)6-7-17(22)23)10-14(12)13-4-2-3-5-15(13)19/h2-5,12,14H,6-10H2,1H3,(H,22,23)/t12-,14+/m0/s1. The first-order valence-corrected chi connectivity index (χ1v) is 7.84. The van der Waals surface area contributed by atoms with Crippen LogP contribution < -0.4 is 4.90 Å². The van der Waals surface area contributed by atoms with Crippen molar-refractivity contribution in [2.75, 3.05) is 24.5 Å². The third-order valence-electron chi connectivity index (χ3n) is 4.77. The highest BCUT2D eigenvalue weighted by Crippen LogP contribution is 2.42. The summed E-state index contributed by atoms with van der Waals surface area (Å²) in [5.41, 5.74) is 2.04. The summed E-state index contributed by atoms with van der Waals surface area (Å²) in [6.45, 7) is 3.36. The maximum atomic E-state index is 12.2. The number of hydrogen-bond acceptors (Lipinski definition) is 3. The smallest absolute Gasteiger partial charge is 0.303 e. The van der Waals surface area contributed by atoms with Crippen LogP contribution in [0.15, 0.2) is 24.3 Å². The molecule has 1 aromatic rings. The second-order valence-corrected chi connectivity index (χ2v) is 6.25. The van der Waals surface area contributed by atoms with Crippen molar-refractivity contribution in [3.8, 4) is 0 Å². The zero-order valence-corrected chi connectivity index (χ0v) is 13.1. The first-order chi connectivity index (χ1) is 11.0. The Balaban J connectivity index is 1.80. The minimum Gasteiger partial charge on any atom is -0.481 e. The van der Waals surface area contributed by atoms with E-state index >= 15 is 0 Å². The van der Waals surface area contributed by atoms with E-state index in [1.807, 2.05) is 24.3 Å². The molecular weight excluding hydrogens is 296 g/mol. The van der Waals surface area contributed by atoms with E-state index in [9.17, 15) is 14.4 Å². The quantitative estimate of drug-likeness (QED) is 0.916. The van der Waals surface area contributed by atoms with Crippen LogP contribution in [-0.2, 0) is 14.4 Å². The van der Waals surface area contributed by atoms with Crippen LogP contribution in [0.1, 0.15) is 31.2 Å². The number of carboxylic acids is 1. The number of amides is 2. The number of hydrogen-bond donors (Lipinski definition) is 1. The van der Waals surface area contributed by atoms with Crippen LogP contribution in [0.2, 0.25) is 0 Å². The van der Waals surface area contributed by atoms with E-state index in [-0.39, 0.29) is 36.5 Å². The Hall–Kier alpha value is -2.37. The van der Waals surface area contributed by atoms with Gasteiger partial charge in [0.05, 0.1) is 6.42 Å². The number of para-hydroxylation sites is 1. The minimum absolute atomic E-state index is 0.00607. The number of aliphatic carboxylic acids is 1. The molecule has 3 rings (SSSR count). The van der Waals surface area contributed by atoms with E-state index in [0.717, 1.165) is 11.3 Å². The first-order valence-electron chi connectivity index (χ1n) is 7.84. The van der Waals surface area contributed by atoms with Crippen molar-refractivity contribution >= 4 is 23.5 Å². The molecule has 0 bridgehead atoms. The van der Waals surface area contributed by atoms with E-state index in [1.54, 1.807) is 16.7 Å². The summed E-state index contributed by atoms with van der Waals surface area (Å²) in [6.07, 6.45) is -0.104. The fourth-order valence-electron chi connectivity index (χ4n) is 3.66. The predicted octanol–water partition coefficient (Wildman–Crippen LogP) is 1.46. The summed E-state index contributed by atoms with van der Waals surface area (Å²) in [7, 11) is 0. The lowest BCUT2D eigenvalue weighted by Gasteiger charge is -2.35. The summed E-state index contributed by atoms with van der Waals surface area (Å²) in [4.78, 5) is 38.3. The summed E-state index contributed by atoms with van der Waals surface area (Å²) in [5.74, 6) is -0.638. The van der Waals surface area contributed by atoms with E-state index < -0.39 is 5.97 Å². The number of fused-ring (bicyclic) bond motifs is 3. The number of nitrogens with zero attached hydrogens (tertiary/aromatic N) is 2. The molecule has 1 N–H and O–H groups in total. The summed E-state index contributed by atoms with van der Waals surface area (Å²) in [6, 6.07) is 7.84. The molecule has 0 saturated carbocycles. The molecule has 1 saturated heterocycles. The zero-order chi connectivity index (χ0) is 16.6. The van der Waals surface area contributed by atoms with Gasteiger partial charge in [0, 0.05) is 50.5 Å². The van der Waals surface area contributed by atoms with Gasteiger partial charge in [-0.15, -0.1) is 0 Å². The van der Waals surface area contributed by atoms with Gasteiger partial charge in [-0.25, -0.2) is 0 Å². The molecule has 2 atom stereocenters. The Morgan fingerprint density at radius 3 is 2.57 bits per heavy atom. The molecule has 122 valence electrons. The average Bonchev–Trinajstić information content (AvgIpc) is 2.96. The molecule has 6 heteroatoms. The predicted molar refractivity (Wildman–Crippen MR) is 84.1 cm³/mol. The monoisotopic (exact) mass is 316 g/mol. The highest BCUT2D eigenvalue weighted by atomic mass is 16.4. The van der Waals surface area contributed by atoms with Gasteiger partial charge in [0.25, 0.3) is 0 Å². The van der Waals surface area contributed by atoms with Crippen molar-refractivity contribution in [3.05, 3.63) is 29.8 Å². The maximum Gasteiger partial charge on any atom is 0.303 e. The van der Waals surface area contributed by atoms with Gasteiger partial charge >= 0.3 is 5.97 Å². The van der Waals surface area contributed by atoms with E-state index in [1.165, 1.54) is 0 Å². The first kappa shape index (κ1) is 15.5. The van der Waals surface area contributed by atoms with Crippen LogP contribution >= 0.6 is 0 Å². The molecule has 2 aliphatic rings. The number of rotatable bonds is 3. The van der Waals surface area contributed by atoms with Crippen molar-refractivity contribution in [3.63, 3.8) is 0 Å². The molecule has 2 heterocycles. The third-order valence-corrected chi connectivity index (χ3v) is 4.77. The molecule has 2 aliphatic heterocycles. The molecular formula is C17H20N2O4. The van der Waals surface area contributed by atoms with Crippen LogP contribution in [-0.4, -0.2) is 47.4 Å². The Labute approximate surface area is 134 Å². The molecule has 0 spiro atoms. The molecule has 0 unspecified atom stereocenters.